The van der Waals surface area contributed by atoms with Crippen LogP contribution in [0.4, 0.5) is 4.39 Å². The molecular formula is C18H23FN4O2S. The highest BCUT2D eigenvalue weighted by Gasteiger charge is 2.22. The second-order valence-electron chi connectivity index (χ2n) is 6.50. The molecule has 1 heterocycles. The van der Waals surface area contributed by atoms with Crippen LogP contribution in [0.25, 0.3) is 0 Å². The summed E-state index contributed by atoms with van der Waals surface area (Å²) >= 11 is 1.30. The number of carbonyl (C=O) groups is 2. The van der Waals surface area contributed by atoms with Crippen molar-refractivity contribution >= 4 is 23.5 Å². The van der Waals surface area contributed by atoms with Crippen LogP contribution >= 0.6 is 11.8 Å². The summed E-state index contributed by atoms with van der Waals surface area (Å²) in [6.45, 7) is 6.60. The van der Waals surface area contributed by atoms with Gasteiger partial charge in [-0.05, 0) is 37.1 Å². The molecule has 2 rings (SSSR count). The van der Waals surface area contributed by atoms with Crippen LogP contribution in [0, 0.1) is 11.7 Å². The van der Waals surface area contributed by atoms with Gasteiger partial charge in [-0.3, -0.25) is 9.59 Å². The van der Waals surface area contributed by atoms with E-state index < -0.39 is 11.2 Å². The molecule has 0 spiro atoms. The Morgan fingerprint density at radius 3 is 2.42 bits per heavy atom. The molecule has 8 heteroatoms. The Bertz CT molecular complexity index is 774. The molecule has 26 heavy (non-hydrogen) atoms. The first-order valence-corrected chi connectivity index (χ1v) is 9.32. The third-order valence-corrected chi connectivity index (χ3v) is 4.80. The average molecular weight is 378 g/mol. The number of nitrogens with zero attached hydrogens (tertiary/aromatic N) is 3. The molecule has 1 aromatic heterocycles. The standard InChI is InChI=1S/C18H23FN4O2S/c1-11(2)10-23-16(9-8-15(20)24)21-22-18(23)26-12(3)17(25)13-4-6-14(19)7-5-13/h4-7,11-12H,8-10H2,1-3H3,(H2,20,24)/t12-/m1/s1. The number of benzene rings is 1. The Hall–Kier alpha value is -2.22. The lowest BCUT2D eigenvalue weighted by molar-refractivity contribution is -0.118. The maximum atomic E-state index is 13.0. The third-order valence-electron chi connectivity index (χ3n) is 3.72. The number of hydrogen-bond donors (Lipinski definition) is 1. The third kappa shape index (κ3) is 5.39. The second kappa shape index (κ2) is 8.93. The normalized spacial score (nSPS) is 12.3. The van der Waals surface area contributed by atoms with Crippen molar-refractivity contribution in [2.75, 3.05) is 0 Å². The summed E-state index contributed by atoms with van der Waals surface area (Å²) in [4.78, 5) is 23.6. The predicted octanol–water partition coefficient (Wildman–Crippen LogP) is 2.85. The van der Waals surface area contributed by atoms with Crippen molar-refractivity contribution in [1.82, 2.24) is 14.8 Å². The van der Waals surface area contributed by atoms with Gasteiger partial charge in [0.05, 0.1) is 5.25 Å². The topological polar surface area (TPSA) is 90.9 Å². The number of primary amides is 1. The first-order chi connectivity index (χ1) is 12.3. The minimum atomic E-state index is -0.403. The van der Waals surface area contributed by atoms with E-state index in [9.17, 15) is 14.0 Å². The molecule has 0 radical (unpaired) electrons. The summed E-state index contributed by atoms with van der Waals surface area (Å²) < 4.78 is 15.0. The number of aromatic nitrogens is 3. The Labute approximate surface area is 156 Å². The number of amides is 1. The van der Waals surface area contributed by atoms with Crippen LogP contribution in [0.15, 0.2) is 29.4 Å². The van der Waals surface area contributed by atoms with Crippen LogP contribution in [0.1, 0.15) is 43.4 Å². The molecule has 1 amide bonds. The number of nitrogens with two attached hydrogens (primary N) is 1. The van der Waals surface area contributed by atoms with Gasteiger partial charge in [0.15, 0.2) is 10.9 Å². The summed E-state index contributed by atoms with van der Waals surface area (Å²) in [6.07, 6.45) is 0.612. The van der Waals surface area contributed by atoms with Gasteiger partial charge in [-0.2, -0.15) is 0 Å². The Balaban J connectivity index is 2.17. The summed E-state index contributed by atoms with van der Waals surface area (Å²) in [7, 11) is 0. The van der Waals surface area contributed by atoms with Crippen LogP contribution in [0.2, 0.25) is 0 Å². The van der Waals surface area contributed by atoms with Gasteiger partial charge in [-0.1, -0.05) is 25.6 Å². The minimum absolute atomic E-state index is 0.104. The summed E-state index contributed by atoms with van der Waals surface area (Å²) in [6, 6.07) is 5.50. The molecule has 1 atom stereocenters. The Morgan fingerprint density at radius 1 is 1.19 bits per heavy atom. The van der Waals surface area contributed by atoms with Gasteiger partial charge in [0.2, 0.25) is 5.91 Å². The van der Waals surface area contributed by atoms with Crippen molar-refractivity contribution in [2.45, 2.75) is 50.6 Å². The van der Waals surface area contributed by atoms with E-state index in [2.05, 4.69) is 24.0 Å². The molecule has 6 nitrogen and oxygen atoms in total. The summed E-state index contributed by atoms with van der Waals surface area (Å²) in [5.74, 6) is 0.158. The average Bonchev–Trinajstić information content (AvgIpc) is 2.94. The molecule has 0 aliphatic rings. The number of aryl methyl sites for hydroxylation is 1. The van der Waals surface area contributed by atoms with E-state index in [1.165, 1.54) is 36.0 Å². The highest BCUT2D eigenvalue weighted by atomic mass is 32.2. The van der Waals surface area contributed by atoms with Crippen molar-refractivity contribution in [3.63, 3.8) is 0 Å². The van der Waals surface area contributed by atoms with Crippen molar-refractivity contribution in [2.24, 2.45) is 11.7 Å². The van der Waals surface area contributed by atoms with Gasteiger partial charge < -0.3 is 10.3 Å². The van der Waals surface area contributed by atoms with Gasteiger partial charge in [0.1, 0.15) is 11.6 Å². The van der Waals surface area contributed by atoms with E-state index in [-0.39, 0.29) is 18.0 Å². The first-order valence-electron chi connectivity index (χ1n) is 8.44. The molecule has 0 aliphatic carbocycles. The van der Waals surface area contributed by atoms with Crippen molar-refractivity contribution in [1.29, 1.82) is 0 Å². The first kappa shape index (κ1) is 20.1. The van der Waals surface area contributed by atoms with Crippen LogP contribution in [0.3, 0.4) is 0 Å². The van der Waals surface area contributed by atoms with Crippen LogP contribution in [-0.4, -0.2) is 31.7 Å². The van der Waals surface area contributed by atoms with Gasteiger partial charge in [0.25, 0.3) is 0 Å². The minimum Gasteiger partial charge on any atom is -0.370 e. The number of thioether (sulfide) groups is 1. The zero-order valence-electron chi connectivity index (χ0n) is 15.1. The van der Waals surface area contributed by atoms with Gasteiger partial charge in [-0.15, -0.1) is 10.2 Å². The number of halogens is 1. The number of Topliss-reactive ketones (excluding diaryl/α,β-unsaturated/α-hetero) is 1. The Morgan fingerprint density at radius 2 is 1.85 bits per heavy atom. The summed E-state index contributed by atoms with van der Waals surface area (Å²) in [5.41, 5.74) is 5.67. The number of ketones is 1. The molecule has 0 bridgehead atoms. The lowest BCUT2D eigenvalue weighted by Gasteiger charge is -2.14. The van der Waals surface area contributed by atoms with E-state index in [4.69, 9.17) is 5.73 Å². The van der Waals surface area contributed by atoms with E-state index >= 15 is 0 Å². The van der Waals surface area contributed by atoms with Crippen LogP contribution in [-0.2, 0) is 17.8 Å². The lowest BCUT2D eigenvalue weighted by Crippen LogP contribution is -2.17. The predicted molar refractivity (Wildman–Crippen MR) is 98.4 cm³/mol. The maximum absolute atomic E-state index is 13.0. The van der Waals surface area contributed by atoms with E-state index in [1.54, 1.807) is 6.92 Å². The SMILES string of the molecule is CC(C)Cn1c(CCC(N)=O)nnc1S[C@H](C)C(=O)c1ccc(F)cc1. The quantitative estimate of drug-likeness (QED) is 0.535. The molecule has 2 N–H and O–H groups in total. The highest BCUT2D eigenvalue weighted by molar-refractivity contribution is 8.00. The molecule has 2 aromatic rings. The van der Waals surface area contributed by atoms with Gasteiger partial charge in [0, 0.05) is 24.9 Å². The number of hydrogen-bond acceptors (Lipinski definition) is 5. The van der Waals surface area contributed by atoms with Gasteiger partial charge >= 0.3 is 0 Å². The number of carbonyl (C=O) groups excluding carboxylic acids is 2. The lowest BCUT2D eigenvalue weighted by atomic mass is 10.1. The molecule has 0 saturated carbocycles. The van der Waals surface area contributed by atoms with E-state index in [0.29, 0.717) is 35.4 Å². The zero-order chi connectivity index (χ0) is 19.3. The molecule has 140 valence electrons. The molecule has 0 saturated heterocycles. The smallest absolute Gasteiger partial charge is 0.217 e. The monoisotopic (exact) mass is 378 g/mol. The van der Waals surface area contributed by atoms with Crippen molar-refractivity contribution in [3.05, 3.63) is 41.5 Å². The van der Waals surface area contributed by atoms with Gasteiger partial charge in [-0.25, -0.2) is 4.39 Å². The number of rotatable bonds is 9. The fourth-order valence-electron chi connectivity index (χ4n) is 2.44. The molecular weight excluding hydrogens is 355 g/mol. The fraction of sp³-hybridized carbons (Fsp3) is 0.444. The second-order valence-corrected chi connectivity index (χ2v) is 7.81. The Kier molecular flexibility index (Phi) is 6.90. The van der Waals surface area contributed by atoms with Crippen molar-refractivity contribution in [3.8, 4) is 0 Å². The van der Waals surface area contributed by atoms with Crippen LogP contribution in [0.5, 0.6) is 0 Å². The largest absolute Gasteiger partial charge is 0.370 e. The summed E-state index contributed by atoms with van der Waals surface area (Å²) in [5, 5.41) is 8.57. The molecule has 0 aliphatic heterocycles. The van der Waals surface area contributed by atoms with Crippen LogP contribution < -0.4 is 5.73 Å². The zero-order valence-corrected chi connectivity index (χ0v) is 15.9. The molecule has 1 aromatic carbocycles. The van der Waals surface area contributed by atoms with E-state index in [1.807, 2.05) is 4.57 Å². The fourth-order valence-corrected chi connectivity index (χ4v) is 3.39. The molecule has 0 fully saturated rings. The molecule has 0 unspecified atom stereocenters. The maximum Gasteiger partial charge on any atom is 0.217 e. The highest BCUT2D eigenvalue weighted by Crippen LogP contribution is 2.26. The van der Waals surface area contributed by atoms with Crippen molar-refractivity contribution < 1.29 is 14.0 Å². The van der Waals surface area contributed by atoms with E-state index in [0.717, 1.165) is 0 Å².